The summed E-state index contributed by atoms with van der Waals surface area (Å²) in [4.78, 5) is 9.17. The second-order valence-corrected chi connectivity index (χ2v) is 9.31. The maximum Gasteiger partial charge on any atom is 0.191 e. The van der Waals surface area contributed by atoms with Gasteiger partial charge in [0.1, 0.15) is 5.82 Å². The van der Waals surface area contributed by atoms with Gasteiger partial charge in [0.25, 0.3) is 0 Å². The number of rotatable bonds is 5. The fraction of sp³-hybridized carbons (Fsp3) is 0.609. The van der Waals surface area contributed by atoms with E-state index in [1.165, 1.54) is 5.56 Å². The first-order valence-electron chi connectivity index (χ1n) is 11.2. The molecule has 0 bridgehead atoms. The number of nitrogens with zero attached hydrogens (tertiary/aromatic N) is 4. The highest BCUT2D eigenvalue weighted by Gasteiger charge is 2.36. The van der Waals surface area contributed by atoms with E-state index >= 15 is 0 Å². The van der Waals surface area contributed by atoms with Crippen LogP contribution in [0.15, 0.2) is 29.3 Å². The Bertz CT molecular complexity index is 919. The molecular weight excluding hydrogens is 412 g/mol. The van der Waals surface area contributed by atoms with Gasteiger partial charge in [0.15, 0.2) is 11.8 Å². The van der Waals surface area contributed by atoms with Gasteiger partial charge < -0.3 is 15.4 Å². The van der Waals surface area contributed by atoms with E-state index in [0.717, 1.165) is 74.6 Å². The lowest BCUT2D eigenvalue weighted by Gasteiger charge is -2.39. The Morgan fingerprint density at radius 1 is 1.32 bits per heavy atom. The Morgan fingerprint density at radius 3 is 2.81 bits per heavy atom. The minimum Gasteiger partial charge on any atom is -0.381 e. The molecule has 1 fully saturated rings. The topological polar surface area (TPSA) is 76.4 Å². The number of aliphatic imine (C=N–C) groups is 1. The molecule has 0 aliphatic carbocycles. The zero-order valence-corrected chi connectivity index (χ0v) is 19.5. The number of hydrogen-bond donors (Lipinski definition) is 2. The van der Waals surface area contributed by atoms with Crippen LogP contribution in [0.2, 0.25) is 5.02 Å². The van der Waals surface area contributed by atoms with Crippen LogP contribution >= 0.6 is 11.6 Å². The Hall–Kier alpha value is -2.12. The summed E-state index contributed by atoms with van der Waals surface area (Å²) in [7, 11) is 1.82. The van der Waals surface area contributed by atoms with Crippen molar-refractivity contribution in [2.75, 3.05) is 26.8 Å². The smallest absolute Gasteiger partial charge is 0.191 e. The summed E-state index contributed by atoms with van der Waals surface area (Å²) in [6.07, 6.45) is 3.81. The maximum absolute atomic E-state index is 6.59. The molecule has 31 heavy (non-hydrogen) atoms. The fourth-order valence-electron chi connectivity index (χ4n) is 4.53. The van der Waals surface area contributed by atoms with Crippen LogP contribution in [0.3, 0.4) is 0 Å². The molecule has 2 aromatic rings. The van der Waals surface area contributed by atoms with Crippen molar-refractivity contribution in [1.82, 2.24) is 25.4 Å². The minimum absolute atomic E-state index is 0.0635. The summed E-state index contributed by atoms with van der Waals surface area (Å²) in [6.45, 7) is 7.32. The average molecular weight is 445 g/mol. The van der Waals surface area contributed by atoms with Gasteiger partial charge in [-0.25, -0.2) is 9.67 Å². The lowest BCUT2D eigenvalue weighted by Crippen LogP contribution is -2.51. The zero-order chi connectivity index (χ0) is 21.8. The third-order valence-electron chi connectivity index (χ3n) is 6.44. The van der Waals surface area contributed by atoms with Crippen LogP contribution in [0.1, 0.15) is 56.2 Å². The Balaban J connectivity index is 1.42. The second-order valence-electron chi connectivity index (χ2n) is 8.90. The normalized spacial score (nSPS) is 21.1. The molecule has 4 rings (SSSR count). The van der Waals surface area contributed by atoms with Crippen LogP contribution in [-0.2, 0) is 23.1 Å². The molecule has 2 aliphatic heterocycles. The van der Waals surface area contributed by atoms with Crippen LogP contribution in [0, 0.1) is 0 Å². The van der Waals surface area contributed by atoms with E-state index in [1.54, 1.807) is 0 Å². The molecule has 1 unspecified atom stereocenters. The van der Waals surface area contributed by atoms with E-state index in [4.69, 9.17) is 21.4 Å². The average Bonchev–Trinajstić information content (AvgIpc) is 3.21. The molecule has 0 saturated carbocycles. The first kappa shape index (κ1) is 22.1. The summed E-state index contributed by atoms with van der Waals surface area (Å²) in [5.41, 5.74) is 1.13. The Kier molecular flexibility index (Phi) is 6.82. The zero-order valence-electron chi connectivity index (χ0n) is 18.7. The number of nitrogens with one attached hydrogen (secondary N) is 2. The first-order chi connectivity index (χ1) is 15.0. The van der Waals surface area contributed by atoms with Crippen molar-refractivity contribution < 1.29 is 4.74 Å². The van der Waals surface area contributed by atoms with Crippen molar-refractivity contribution in [2.45, 2.75) is 63.5 Å². The molecule has 1 aromatic heterocycles. The minimum atomic E-state index is -0.0635. The van der Waals surface area contributed by atoms with Crippen LogP contribution in [-0.4, -0.2) is 53.6 Å². The number of aryl methyl sites for hydroxylation is 1. The molecule has 168 valence electrons. The van der Waals surface area contributed by atoms with Gasteiger partial charge in [0.05, 0.1) is 6.54 Å². The fourth-order valence-corrected chi connectivity index (χ4v) is 4.86. The Morgan fingerprint density at radius 2 is 2.10 bits per heavy atom. The second kappa shape index (κ2) is 9.57. The molecular formula is C23H33ClN6O. The lowest BCUT2D eigenvalue weighted by molar-refractivity contribution is 0.0514. The van der Waals surface area contributed by atoms with Crippen molar-refractivity contribution in [3.63, 3.8) is 0 Å². The summed E-state index contributed by atoms with van der Waals surface area (Å²) in [5, 5.41) is 12.7. The number of hydrogen-bond acceptors (Lipinski definition) is 4. The maximum atomic E-state index is 6.59. The highest BCUT2D eigenvalue weighted by Crippen LogP contribution is 2.38. The van der Waals surface area contributed by atoms with Gasteiger partial charge in [0.2, 0.25) is 0 Å². The van der Waals surface area contributed by atoms with Crippen LogP contribution in [0.5, 0.6) is 0 Å². The number of ether oxygens (including phenoxy) is 1. The highest BCUT2D eigenvalue weighted by molar-refractivity contribution is 6.31. The van der Waals surface area contributed by atoms with Crippen LogP contribution in [0.25, 0.3) is 0 Å². The molecule has 1 saturated heterocycles. The van der Waals surface area contributed by atoms with E-state index in [0.29, 0.717) is 5.92 Å². The van der Waals surface area contributed by atoms with Crippen LogP contribution < -0.4 is 10.6 Å². The molecule has 2 aliphatic rings. The van der Waals surface area contributed by atoms with E-state index in [2.05, 4.69) is 46.6 Å². The molecule has 7 nitrogen and oxygen atoms in total. The largest absolute Gasteiger partial charge is 0.381 e. The highest BCUT2D eigenvalue weighted by atomic mass is 35.5. The summed E-state index contributed by atoms with van der Waals surface area (Å²) in [6, 6.07) is 8.44. The summed E-state index contributed by atoms with van der Waals surface area (Å²) < 4.78 is 7.71. The predicted octanol–water partition coefficient (Wildman–Crippen LogP) is 3.28. The molecule has 3 heterocycles. The van der Waals surface area contributed by atoms with E-state index in [-0.39, 0.29) is 11.5 Å². The van der Waals surface area contributed by atoms with Crippen molar-refractivity contribution in [3.8, 4) is 0 Å². The van der Waals surface area contributed by atoms with Gasteiger partial charge in [-0.2, -0.15) is 5.10 Å². The number of aromatic nitrogens is 3. The molecule has 0 spiro atoms. The number of benzene rings is 1. The van der Waals surface area contributed by atoms with Gasteiger partial charge in [-0.3, -0.25) is 4.99 Å². The van der Waals surface area contributed by atoms with Crippen molar-refractivity contribution in [2.24, 2.45) is 4.99 Å². The predicted molar refractivity (Wildman–Crippen MR) is 124 cm³/mol. The number of fused-ring (bicyclic) bond motifs is 1. The van der Waals surface area contributed by atoms with E-state index in [9.17, 15) is 0 Å². The van der Waals surface area contributed by atoms with Crippen molar-refractivity contribution >= 4 is 17.6 Å². The number of halogens is 1. The van der Waals surface area contributed by atoms with Crippen molar-refractivity contribution in [3.05, 3.63) is 46.5 Å². The van der Waals surface area contributed by atoms with Gasteiger partial charge in [-0.05, 0) is 30.9 Å². The SMILES string of the molecule is CN=C(NCC1(c2ccccc2Cl)CCOCC1)NC1CCc2nc(C(C)C)nn2C1. The monoisotopic (exact) mass is 444 g/mol. The van der Waals surface area contributed by atoms with Crippen LogP contribution in [0.4, 0.5) is 0 Å². The molecule has 0 radical (unpaired) electrons. The van der Waals surface area contributed by atoms with Gasteiger partial charge in [0, 0.05) is 55.6 Å². The van der Waals surface area contributed by atoms with Crippen molar-refractivity contribution in [1.29, 1.82) is 0 Å². The van der Waals surface area contributed by atoms with Gasteiger partial charge in [-0.15, -0.1) is 0 Å². The third-order valence-corrected chi connectivity index (χ3v) is 6.77. The summed E-state index contributed by atoms with van der Waals surface area (Å²) in [5.74, 6) is 3.18. The Labute approximate surface area is 189 Å². The summed E-state index contributed by atoms with van der Waals surface area (Å²) >= 11 is 6.59. The standard InChI is InChI=1S/C23H33ClN6O/c1-16(2)21-28-20-9-8-17(14-30(20)29-21)27-22(25-3)26-15-23(10-12-31-13-11-23)18-6-4-5-7-19(18)24/h4-7,16-17H,8-15H2,1-3H3,(H2,25,26,27). The number of guanidine groups is 1. The quantitative estimate of drug-likeness (QED) is 0.546. The molecule has 1 aromatic carbocycles. The third kappa shape index (κ3) is 4.88. The molecule has 0 amide bonds. The lowest BCUT2D eigenvalue weighted by atomic mass is 9.74. The molecule has 1 atom stereocenters. The molecule has 8 heteroatoms. The van der Waals surface area contributed by atoms with E-state index < -0.39 is 0 Å². The van der Waals surface area contributed by atoms with Gasteiger partial charge >= 0.3 is 0 Å². The first-order valence-corrected chi connectivity index (χ1v) is 11.6. The van der Waals surface area contributed by atoms with E-state index in [1.807, 2.05) is 23.9 Å². The molecule has 2 N–H and O–H groups in total. The van der Waals surface area contributed by atoms with Gasteiger partial charge in [-0.1, -0.05) is 43.6 Å².